The molecule has 0 radical (unpaired) electrons. The molecule has 0 saturated heterocycles. The van der Waals surface area contributed by atoms with Gasteiger partial charge < -0.3 is 5.32 Å². The molecule has 116 valence electrons. The highest BCUT2D eigenvalue weighted by Crippen LogP contribution is 2.33. The molecule has 0 saturated carbocycles. The van der Waals surface area contributed by atoms with Crippen LogP contribution in [0.15, 0.2) is 42.5 Å². The van der Waals surface area contributed by atoms with E-state index in [0.717, 1.165) is 10.5 Å². The lowest BCUT2D eigenvalue weighted by atomic mass is 10.1. The topological polar surface area (TPSA) is 66.5 Å². The molecule has 3 amide bonds. The molecule has 23 heavy (non-hydrogen) atoms. The highest BCUT2D eigenvalue weighted by Gasteiger charge is 2.37. The predicted molar refractivity (Wildman–Crippen MR) is 86.6 cm³/mol. The molecule has 0 aliphatic carbocycles. The number of carbonyl (C=O) groups is 3. The first-order chi connectivity index (χ1) is 11.0. The fourth-order valence-electron chi connectivity index (χ4n) is 2.48. The average molecular weight is 329 g/mol. The van der Waals surface area contributed by atoms with Gasteiger partial charge in [0, 0.05) is 13.5 Å². The molecule has 0 aromatic heterocycles. The number of anilines is 1. The SMILES string of the molecule is CC(=O)NCc1ccc(N2C(=O)c3ccccc3C2=O)c(Cl)c1. The summed E-state index contributed by atoms with van der Waals surface area (Å²) in [5, 5.41) is 2.94. The number of benzene rings is 2. The molecule has 0 bridgehead atoms. The molecule has 1 heterocycles. The van der Waals surface area contributed by atoms with Crippen LogP contribution in [0.3, 0.4) is 0 Å². The van der Waals surface area contributed by atoms with E-state index in [0.29, 0.717) is 23.4 Å². The van der Waals surface area contributed by atoms with Crippen molar-refractivity contribution in [2.45, 2.75) is 13.5 Å². The molecule has 5 nitrogen and oxygen atoms in total. The molecule has 0 atom stereocenters. The third kappa shape index (κ3) is 2.71. The Morgan fingerprint density at radius 1 is 1.09 bits per heavy atom. The molecule has 6 heteroatoms. The number of halogens is 1. The summed E-state index contributed by atoms with van der Waals surface area (Å²) < 4.78 is 0. The first kappa shape index (κ1) is 15.2. The third-order valence-corrected chi connectivity index (χ3v) is 3.89. The second-order valence-electron chi connectivity index (χ2n) is 5.19. The van der Waals surface area contributed by atoms with Gasteiger partial charge in [0.2, 0.25) is 5.91 Å². The Kier molecular flexibility index (Phi) is 3.88. The van der Waals surface area contributed by atoms with Crippen LogP contribution in [0.2, 0.25) is 5.02 Å². The summed E-state index contributed by atoms with van der Waals surface area (Å²) in [7, 11) is 0. The van der Waals surface area contributed by atoms with Crippen molar-refractivity contribution in [2.75, 3.05) is 4.90 Å². The van der Waals surface area contributed by atoms with E-state index in [1.54, 1.807) is 42.5 Å². The number of hydrogen-bond donors (Lipinski definition) is 1. The number of nitrogens with one attached hydrogen (secondary N) is 1. The highest BCUT2D eigenvalue weighted by molar-refractivity contribution is 6.39. The summed E-state index contributed by atoms with van der Waals surface area (Å²) in [6.07, 6.45) is 0. The van der Waals surface area contributed by atoms with E-state index in [1.807, 2.05) is 0 Å². The second kappa shape index (κ2) is 5.85. The van der Waals surface area contributed by atoms with Crippen molar-refractivity contribution in [3.05, 3.63) is 64.2 Å². The van der Waals surface area contributed by atoms with E-state index in [-0.39, 0.29) is 22.7 Å². The van der Waals surface area contributed by atoms with Crippen LogP contribution in [0.4, 0.5) is 5.69 Å². The highest BCUT2D eigenvalue weighted by atomic mass is 35.5. The van der Waals surface area contributed by atoms with Crippen LogP contribution in [0.5, 0.6) is 0 Å². The first-order valence-electron chi connectivity index (χ1n) is 6.99. The molecule has 0 spiro atoms. The minimum absolute atomic E-state index is 0.148. The zero-order valence-electron chi connectivity index (χ0n) is 12.3. The quantitative estimate of drug-likeness (QED) is 0.881. The van der Waals surface area contributed by atoms with Crippen molar-refractivity contribution in [3.63, 3.8) is 0 Å². The molecule has 1 aliphatic heterocycles. The van der Waals surface area contributed by atoms with Crippen LogP contribution in [0, 0.1) is 0 Å². The monoisotopic (exact) mass is 328 g/mol. The molecule has 0 fully saturated rings. The van der Waals surface area contributed by atoms with Crippen LogP contribution in [-0.2, 0) is 11.3 Å². The average Bonchev–Trinajstić information content (AvgIpc) is 2.78. The maximum absolute atomic E-state index is 12.4. The zero-order chi connectivity index (χ0) is 16.6. The van der Waals surface area contributed by atoms with Gasteiger partial charge >= 0.3 is 0 Å². The summed E-state index contributed by atoms with van der Waals surface area (Å²) in [6, 6.07) is 11.6. The molecule has 1 N–H and O–H groups in total. The smallest absolute Gasteiger partial charge is 0.266 e. The second-order valence-corrected chi connectivity index (χ2v) is 5.59. The molecular formula is C17H13ClN2O3. The fraction of sp³-hybridized carbons (Fsp3) is 0.118. The zero-order valence-corrected chi connectivity index (χ0v) is 13.1. The fourth-order valence-corrected chi connectivity index (χ4v) is 2.76. The lowest BCUT2D eigenvalue weighted by molar-refractivity contribution is -0.119. The van der Waals surface area contributed by atoms with E-state index in [9.17, 15) is 14.4 Å². The van der Waals surface area contributed by atoms with Crippen LogP contribution in [-0.4, -0.2) is 17.7 Å². The lowest BCUT2D eigenvalue weighted by Crippen LogP contribution is -2.29. The van der Waals surface area contributed by atoms with Gasteiger partial charge in [-0.1, -0.05) is 29.8 Å². The van der Waals surface area contributed by atoms with Gasteiger partial charge in [0.25, 0.3) is 11.8 Å². The Morgan fingerprint density at radius 2 is 1.70 bits per heavy atom. The molecule has 2 aromatic carbocycles. The molecule has 2 aromatic rings. The van der Waals surface area contributed by atoms with E-state index < -0.39 is 0 Å². The van der Waals surface area contributed by atoms with Crippen molar-refractivity contribution >= 4 is 35.0 Å². The van der Waals surface area contributed by atoms with Crippen molar-refractivity contribution in [2.24, 2.45) is 0 Å². The predicted octanol–water partition coefficient (Wildman–Crippen LogP) is 2.78. The largest absolute Gasteiger partial charge is 0.352 e. The van der Waals surface area contributed by atoms with E-state index in [4.69, 9.17) is 11.6 Å². The van der Waals surface area contributed by atoms with Crippen molar-refractivity contribution in [3.8, 4) is 0 Å². The Morgan fingerprint density at radius 3 is 2.22 bits per heavy atom. The van der Waals surface area contributed by atoms with Gasteiger partial charge in [-0.25, -0.2) is 4.90 Å². The Labute approximate surface area is 137 Å². The van der Waals surface area contributed by atoms with Crippen molar-refractivity contribution in [1.82, 2.24) is 5.32 Å². The lowest BCUT2D eigenvalue weighted by Gasteiger charge is -2.16. The van der Waals surface area contributed by atoms with Gasteiger partial charge in [-0.2, -0.15) is 0 Å². The van der Waals surface area contributed by atoms with Gasteiger partial charge in [0.05, 0.1) is 21.8 Å². The van der Waals surface area contributed by atoms with Crippen molar-refractivity contribution in [1.29, 1.82) is 0 Å². The van der Waals surface area contributed by atoms with Gasteiger partial charge in [0.1, 0.15) is 0 Å². The maximum atomic E-state index is 12.4. The van der Waals surface area contributed by atoms with E-state index in [1.165, 1.54) is 6.92 Å². The van der Waals surface area contributed by atoms with Crippen molar-refractivity contribution < 1.29 is 14.4 Å². The summed E-state index contributed by atoms with van der Waals surface area (Å²) in [6.45, 7) is 1.76. The summed E-state index contributed by atoms with van der Waals surface area (Å²) >= 11 is 6.24. The molecule has 0 unspecified atom stereocenters. The number of carbonyl (C=O) groups excluding carboxylic acids is 3. The van der Waals surface area contributed by atoms with Gasteiger partial charge in [-0.3, -0.25) is 14.4 Å². The van der Waals surface area contributed by atoms with Gasteiger partial charge in [-0.15, -0.1) is 0 Å². The number of nitrogens with zero attached hydrogens (tertiary/aromatic N) is 1. The number of hydrogen-bond acceptors (Lipinski definition) is 3. The Hall–Kier alpha value is -2.66. The third-order valence-electron chi connectivity index (χ3n) is 3.59. The minimum atomic E-state index is -0.387. The summed E-state index contributed by atoms with van der Waals surface area (Å²) in [5.41, 5.74) is 1.86. The van der Waals surface area contributed by atoms with Crippen LogP contribution >= 0.6 is 11.6 Å². The Balaban J connectivity index is 1.93. The first-order valence-corrected chi connectivity index (χ1v) is 7.37. The number of fused-ring (bicyclic) bond motifs is 1. The number of rotatable bonds is 3. The minimum Gasteiger partial charge on any atom is -0.352 e. The number of amides is 3. The molecule has 3 rings (SSSR count). The van der Waals surface area contributed by atoms with E-state index >= 15 is 0 Å². The standard InChI is InChI=1S/C17H13ClN2O3/c1-10(21)19-9-11-6-7-15(14(18)8-11)20-16(22)12-4-2-3-5-13(12)17(20)23/h2-8H,9H2,1H3,(H,19,21). The molecule has 1 aliphatic rings. The van der Waals surface area contributed by atoms with Gasteiger partial charge in [0.15, 0.2) is 0 Å². The molecular weight excluding hydrogens is 316 g/mol. The van der Waals surface area contributed by atoms with Crippen LogP contribution < -0.4 is 10.2 Å². The normalized spacial score (nSPS) is 13.2. The Bertz CT molecular complexity index is 797. The maximum Gasteiger partial charge on any atom is 0.266 e. The summed E-state index contributed by atoms with van der Waals surface area (Å²) in [4.78, 5) is 36.9. The summed E-state index contributed by atoms with van der Waals surface area (Å²) in [5.74, 6) is -0.922. The van der Waals surface area contributed by atoms with Gasteiger partial charge in [-0.05, 0) is 29.8 Å². The van der Waals surface area contributed by atoms with Crippen LogP contribution in [0.1, 0.15) is 33.2 Å². The number of imide groups is 1. The van der Waals surface area contributed by atoms with E-state index in [2.05, 4.69) is 5.32 Å². The van der Waals surface area contributed by atoms with Crippen LogP contribution in [0.25, 0.3) is 0 Å².